The Bertz CT molecular complexity index is 251. The van der Waals surface area contributed by atoms with Crippen molar-refractivity contribution in [2.24, 2.45) is 11.8 Å². The number of rotatable bonds is 10. The van der Waals surface area contributed by atoms with E-state index in [0.29, 0.717) is 19.4 Å². The summed E-state index contributed by atoms with van der Waals surface area (Å²) in [5.41, 5.74) is 0. The van der Waals surface area contributed by atoms with Gasteiger partial charge in [0.05, 0.1) is 6.61 Å². The van der Waals surface area contributed by atoms with Crippen molar-refractivity contribution in [1.82, 2.24) is 0 Å². The van der Waals surface area contributed by atoms with Crippen LogP contribution in [0, 0.1) is 11.8 Å². The van der Waals surface area contributed by atoms with E-state index in [4.69, 9.17) is 19.7 Å². The molecule has 0 amide bonds. The zero-order valence-corrected chi connectivity index (χ0v) is 11.1. The van der Waals surface area contributed by atoms with Gasteiger partial charge in [0.2, 0.25) is 0 Å². The highest BCUT2D eigenvalue weighted by Crippen LogP contribution is 2.20. The van der Waals surface area contributed by atoms with Crippen molar-refractivity contribution in [3.8, 4) is 0 Å². The monoisotopic (exact) mass is 262 g/mol. The molecule has 0 heterocycles. The highest BCUT2D eigenvalue weighted by Gasteiger charge is 2.34. The molecule has 2 atom stereocenters. The second kappa shape index (κ2) is 8.88. The molecule has 0 radical (unpaired) electrons. The molecule has 0 aliphatic heterocycles. The molecule has 0 bridgehead atoms. The predicted molar refractivity (Wildman–Crippen MR) is 64.2 cm³/mol. The fraction of sp³-hybridized carbons (Fsp3) is 0.833. The first-order chi connectivity index (χ1) is 8.43. The summed E-state index contributed by atoms with van der Waals surface area (Å²) in [5.74, 6) is -4.63. The van der Waals surface area contributed by atoms with E-state index in [1.165, 1.54) is 0 Å². The van der Waals surface area contributed by atoms with Gasteiger partial charge in [0.25, 0.3) is 0 Å². The zero-order chi connectivity index (χ0) is 14.1. The van der Waals surface area contributed by atoms with Crippen LogP contribution in [0.5, 0.6) is 0 Å². The average molecular weight is 262 g/mol. The van der Waals surface area contributed by atoms with Crippen LogP contribution < -0.4 is 0 Å². The molecule has 0 rings (SSSR count). The molecule has 0 saturated heterocycles. The van der Waals surface area contributed by atoms with Crippen LogP contribution in [0.25, 0.3) is 0 Å². The first kappa shape index (κ1) is 16.9. The van der Waals surface area contributed by atoms with Crippen molar-refractivity contribution in [2.45, 2.75) is 39.9 Å². The first-order valence-corrected chi connectivity index (χ1v) is 6.12. The van der Waals surface area contributed by atoms with Gasteiger partial charge in [-0.1, -0.05) is 13.3 Å². The fourth-order valence-electron chi connectivity index (χ4n) is 1.77. The van der Waals surface area contributed by atoms with Crippen molar-refractivity contribution < 1.29 is 29.3 Å². The molecule has 0 aliphatic rings. The zero-order valence-electron chi connectivity index (χ0n) is 11.1. The van der Waals surface area contributed by atoms with Gasteiger partial charge in [0, 0.05) is 12.5 Å². The van der Waals surface area contributed by atoms with E-state index in [-0.39, 0.29) is 6.61 Å². The molecule has 6 nitrogen and oxygen atoms in total. The van der Waals surface area contributed by atoms with E-state index < -0.39 is 30.1 Å². The Balaban J connectivity index is 4.52. The Kier molecular flexibility index (Phi) is 8.32. The third-order valence-electron chi connectivity index (χ3n) is 2.61. The van der Waals surface area contributed by atoms with Crippen molar-refractivity contribution in [3.05, 3.63) is 0 Å². The fourth-order valence-corrected chi connectivity index (χ4v) is 1.77. The smallest absolute Gasteiger partial charge is 0.318 e. The van der Waals surface area contributed by atoms with Crippen molar-refractivity contribution >= 4 is 11.9 Å². The van der Waals surface area contributed by atoms with Gasteiger partial charge in [-0.2, -0.15) is 0 Å². The van der Waals surface area contributed by atoms with Gasteiger partial charge in [-0.15, -0.1) is 0 Å². The standard InChI is InChI=1S/C12H22O6/c1-4-6-9(7-18-8(3)17-5-2)10(11(13)14)12(15)16/h8-10H,4-7H2,1-3H3,(H,13,14)(H,15,16). The maximum absolute atomic E-state index is 11.0. The summed E-state index contributed by atoms with van der Waals surface area (Å²) in [6, 6.07) is 0. The minimum atomic E-state index is -1.43. The van der Waals surface area contributed by atoms with Gasteiger partial charge >= 0.3 is 11.9 Å². The molecule has 0 spiro atoms. The minimum absolute atomic E-state index is 0.0677. The summed E-state index contributed by atoms with van der Waals surface area (Å²) in [5, 5.41) is 17.9. The number of aliphatic carboxylic acids is 2. The molecule has 18 heavy (non-hydrogen) atoms. The quantitative estimate of drug-likeness (QED) is 0.458. The number of hydrogen-bond donors (Lipinski definition) is 2. The topological polar surface area (TPSA) is 93.1 Å². The van der Waals surface area contributed by atoms with Crippen LogP contribution in [0.4, 0.5) is 0 Å². The number of carboxylic acids is 2. The second-order valence-corrected chi connectivity index (χ2v) is 4.06. The Labute approximate surface area is 107 Å². The lowest BCUT2D eigenvalue weighted by Gasteiger charge is -2.22. The number of carbonyl (C=O) groups is 2. The third kappa shape index (κ3) is 5.97. The maximum atomic E-state index is 11.0. The van der Waals surface area contributed by atoms with Crippen LogP contribution in [0.15, 0.2) is 0 Å². The van der Waals surface area contributed by atoms with Crippen molar-refractivity contribution in [1.29, 1.82) is 0 Å². The van der Waals surface area contributed by atoms with Crippen molar-refractivity contribution in [2.75, 3.05) is 13.2 Å². The number of carboxylic acid groups (broad SMARTS) is 2. The van der Waals surface area contributed by atoms with Crippen LogP contribution in [0.2, 0.25) is 0 Å². The number of hydrogen-bond acceptors (Lipinski definition) is 4. The lowest BCUT2D eigenvalue weighted by Crippen LogP contribution is -2.34. The first-order valence-electron chi connectivity index (χ1n) is 6.12. The van der Waals surface area contributed by atoms with E-state index >= 15 is 0 Å². The summed E-state index contributed by atoms with van der Waals surface area (Å²) in [6.07, 6.45) is 0.730. The molecule has 0 saturated carbocycles. The molecule has 0 aromatic carbocycles. The van der Waals surface area contributed by atoms with Crippen LogP contribution >= 0.6 is 0 Å². The Morgan fingerprint density at radius 1 is 1.11 bits per heavy atom. The Hall–Kier alpha value is -1.14. The van der Waals surface area contributed by atoms with Gasteiger partial charge < -0.3 is 19.7 Å². The lowest BCUT2D eigenvalue weighted by atomic mass is 9.89. The SMILES string of the molecule is CCCC(COC(C)OCC)C(C(=O)O)C(=O)O. The molecule has 0 fully saturated rings. The maximum Gasteiger partial charge on any atom is 0.318 e. The summed E-state index contributed by atoms with van der Waals surface area (Å²) in [4.78, 5) is 21.9. The summed E-state index contributed by atoms with van der Waals surface area (Å²) < 4.78 is 10.5. The summed E-state index contributed by atoms with van der Waals surface area (Å²) in [6.45, 7) is 5.95. The molecule has 0 aliphatic carbocycles. The molecule has 2 unspecified atom stereocenters. The average Bonchev–Trinajstić information content (AvgIpc) is 2.25. The van der Waals surface area contributed by atoms with Crippen molar-refractivity contribution in [3.63, 3.8) is 0 Å². The number of ether oxygens (including phenoxy) is 2. The highest BCUT2D eigenvalue weighted by molar-refractivity contribution is 5.93. The third-order valence-corrected chi connectivity index (χ3v) is 2.61. The Morgan fingerprint density at radius 2 is 1.67 bits per heavy atom. The molecule has 0 aromatic rings. The van der Waals surface area contributed by atoms with E-state index in [1.807, 2.05) is 13.8 Å². The molecular formula is C12H22O6. The van der Waals surface area contributed by atoms with Gasteiger partial charge in [-0.3, -0.25) is 9.59 Å². The molecule has 106 valence electrons. The van der Waals surface area contributed by atoms with E-state index in [0.717, 1.165) is 0 Å². The lowest BCUT2D eigenvalue weighted by molar-refractivity contribution is -0.166. The minimum Gasteiger partial charge on any atom is -0.481 e. The second-order valence-electron chi connectivity index (χ2n) is 4.06. The summed E-state index contributed by atoms with van der Waals surface area (Å²) in [7, 11) is 0. The normalized spacial score (nSPS) is 14.4. The van der Waals surface area contributed by atoms with Gasteiger partial charge in [-0.25, -0.2) is 0 Å². The van der Waals surface area contributed by atoms with E-state index in [9.17, 15) is 9.59 Å². The predicted octanol–water partition coefficient (Wildman–Crippen LogP) is 1.59. The van der Waals surface area contributed by atoms with Crippen LogP contribution in [0.3, 0.4) is 0 Å². The Morgan fingerprint density at radius 3 is 2.06 bits per heavy atom. The van der Waals surface area contributed by atoms with E-state index in [2.05, 4.69) is 0 Å². The summed E-state index contributed by atoms with van der Waals surface area (Å²) >= 11 is 0. The van der Waals surface area contributed by atoms with Gasteiger partial charge in [0.1, 0.15) is 0 Å². The van der Waals surface area contributed by atoms with Gasteiger partial charge in [0.15, 0.2) is 12.2 Å². The van der Waals surface area contributed by atoms with Gasteiger partial charge in [-0.05, 0) is 20.3 Å². The van der Waals surface area contributed by atoms with Crippen LogP contribution in [0.1, 0.15) is 33.6 Å². The van der Waals surface area contributed by atoms with Crippen LogP contribution in [-0.2, 0) is 19.1 Å². The molecular weight excluding hydrogens is 240 g/mol. The highest BCUT2D eigenvalue weighted by atomic mass is 16.7. The molecule has 2 N–H and O–H groups in total. The van der Waals surface area contributed by atoms with E-state index in [1.54, 1.807) is 6.92 Å². The largest absolute Gasteiger partial charge is 0.481 e. The molecule has 0 aromatic heterocycles. The van der Waals surface area contributed by atoms with Crippen LogP contribution in [-0.4, -0.2) is 41.7 Å². The molecule has 6 heteroatoms.